The van der Waals surface area contributed by atoms with Crippen LogP contribution >= 0.6 is 11.6 Å². The molecule has 0 spiro atoms. The van der Waals surface area contributed by atoms with Gasteiger partial charge in [-0.25, -0.2) is 0 Å². The highest BCUT2D eigenvalue weighted by molar-refractivity contribution is 6.31. The van der Waals surface area contributed by atoms with E-state index in [0.717, 1.165) is 12.1 Å². The van der Waals surface area contributed by atoms with Gasteiger partial charge < -0.3 is 4.74 Å². The summed E-state index contributed by atoms with van der Waals surface area (Å²) in [7, 11) is 0. The van der Waals surface area contributed by atoms with Crippen LogP contribution in [0, 0.1) is 5.41 Å². The number of ether oxygens (including phenoxy) is 1. The maximum Gasteiger partial charge on any atom is 0.417 e. The molecule has 1 rings (SSSR count). The summed E-state index contributed by atoms with van der Waals surface area (Å²) in [5.41, 5.74) is -0.908. The Hall–Kier alpha value is -1.23. The average molecular weight is 252 g/mol. The van der Waals surface area contributed by atoms with E-state index < -0.39 is 11.7 Å². The van der Waals surface area contributed by atoms with Crippen molar-refractivity contribution < 1.29 is 17.9 Å². The van der Waals surface area contributed by atoms with Crippen LogP contribution in [0.4, 0.5) is 13.2 Å². The molecule has 0 unspecified atom stereocenters. The van der Waals surface area contributed by atoms with Gasteiger partial charge in [0.15, 0.2) is 0 Å². The Balaban J connectivity index is 3.13. The summed E-state index contributed by atoms with van der Waals surface area (Å²) in [6.07, 6.45) is -4.53. The van der Waals surface area contributed by atoms with Crippen LogP contribution in [0.15, 0.2) is 18.2 Å². The number of rotatable bonds is 2. The first-order valence-electron chi connectivity index (χ1n) is 4.44. The molecule has 0 heterocycles. The summed E-state index contributed by atoms with van der Waals surface area (Å²) < 4.78 is 42.3. The lowest BCUT2D eigenvalue weighted by molar-refractivity contribution is -0.137. The van der Waals surface area contributed by atoms with Gasteiger partial charge in [0.2, 0.25) is 5.90 Å². The molecule has 1 N–H and O–H groups in total. The Bertz CT molecular complexity index is 404. The number of halogens is 4. The second-order valence-electron chi connectivity index (χ2n) is 2.95. The third-order valence-electron chi connectivity index (χ3n) is 1.82. The van der Waals surface area contributed by atoms with Crippen molar-refractivity contribution >= 4 is 17.5 Å². The molecular weight excluding hydrogens is 243 g/mol. The molecule has 16 heavy (non-hydrogen) atoms. The van der Waals surface area contributed by atoms with E-state index in [9.17, 15) is 13.2 Å². The Morgan fingerprint density at radius 3 is 2.56 bits per heavy atom. The van der Waals surface area contributed by atoms with Crippen molar-refractivity contribution in [3.8, 4) is 0 Å². The second-order valence-corrected chi connectivity index (χ2v) is 3.36. The smallest absolute Gasteiger partial charge is 0.417 e. The first kappa shape index (κ1) is 12.8. The number of nitrogens with one attached hydrogen (secondary N) is 1. The molecule has 6 heteroatoms. The Morgan fingerprint density at radius 2 is 2.06 bits per heavy atom. The summed E-state index contributed by atoms with van der Waals surface area (Å²) in [5.74, 6) is -0.301. The first-order valence-corrected chi connectivity index (χ1v) is 4.82. The van der Waals surface area contributed by atoms with Crippen molar-refractivity contribution in [1.82, 2.24) is 0 Å². The van der Waals surface area contributed by atoms with Crippen molar-refractivity contribution in [3.63, 3.8) is 0 Å². The third kappa shape index (κ3) is 2.88. The highest BCUT2D eigenvalue weighted by Crippen LogP contribution is 2.35. The fourth-order valence-electron chi connectivity index (χ4n) is 1.11. The first-order chi connectivity index (χ1) is 7.36. The summed E-state index contributed by atoms with van der Waals surface area (Å²) in [4.78, 5) is 0. The molecule has 0 aliphatic rings. The van der Waals surface area contributed by atoms with Crippen LogP contribution in [-0.4, -0.2) is 12.5 Å². The maximum absolute atomic E-state index is 12.5. The Labute approximate surface area is 95.5 Å². The molecule has 0 aliphatic heterocycles. The molecule has 0 atom stereocenters. The van der Waals surface area contributed by atoms with E-state index in [1.807, 2.05) is 0 Å². The summed E-state index contributed by atoms with van der Waals surface area (Å²) >= 11 is 5.43. The molecule has 0 saturated carbocycles. The lowest BCUT2D eigenvalue weighted by atomic mass is 10.1. The van der Waals surface area contributed by atoms with Crippen molar-refractivity contribution in [2.75, 3.05) is 6.61 Å². The number of alkyl halides is 3. The molecule has 0 aromatic heterocycles. The molecule has 0 radical (unpaired) electrons. The van der Waals surface area contributed by atoms with Gasteiger partial charge in [0, 0.05) is 5.56 Å². The van der Waals surface area contributed by atoms with Crippen LogP contribution in [0.3, 0.4) is 0 Å². The molecule has 88 valence electrons. The second kappa shape index (κ2) is 4.74. The number of hydrogen-bond donors (Lipinski definition) is 1. The molecule has 1 aromatic carbocycles. The predicted molar refractivity (Wildman–Crippen MR) is 54.9 cm³/mol. The van der Waals surface area contributed by atoms with E-state index in [1.165, 1.54) is 6.07 Å². The Kier molecular flexibility index (Phi) is 3.80. The van der Waals surface area contributed by atoms with E-state index in [4.69, 9.17) is 21.7 Å². The third-order valence-corrected chi connectivity index (χ3v) is 2.15. The van der Waals surface area contributed by atoms with Gasteiger partial charge in [-0.3, -0.25) is 5.41 Å². The van der Waals surface area contributed by atoms with Gasteiger partial charge in [-0.1, -0.05) is 11.6 Å². The molecule has 1 aromatic rings. The largest absolute Gasteiger partial charge is 0.478 e. The molecule has 2 nitrogen and oxygen atoms in total. The van der Waals surface area contributed by atoms with E-state index in [2.05, 4.69) is 0 Å². The Morgan fingerprint density at radius 1 is 1.44 bits per heavy atom. The predicted octanol–water partition coefficient (Wildman–Crippen LogP) is 3.72. The molecule has 0 amide bonds. The minimum absolute atomic E-state index is 0.0542. The van der Waals surface area contributed by atoms with Gasteiger partial charge in [0.1, 0.15) is 0 Å². The summed E-state index contributed by atoms with van der Waals surface area (Å²) in [6.45, 7) is 1.87. The minimum Gasteiger partial charge on any atom is -0.478 e. The SMILES string of the molecule is CCOC(=N)c1ccc(Cl)c(C(F)(F)F)c1. The van der Waals surface area contributed by atoms with Gasteiger partial charge >= 0.3 is 6.18 Å². The van der Waals surface area contributed by atoms with Crippen LogP contribution in [0.1, 0.15) is 18.1 Å². The number of hydrogen-bond acceptors (Lipinski definition) is 2. The molecule has 0 fully saturated rings. The van der Waals surface area contributed by atoms with Gasteiger partial charge in [0.25, 0.3) is 0 Å². The summed E-state index contributed by atoms with van der Waals surface area (Å²) in [5, 5.41) is 6.98. The molecular formula is C10H9ClF3NO. The topological polar surface area (TPSA) is 33.1 Å². The normalized spacial score (nSPS) is 11.3. The molecule has 0 saturated heterocycles. The summed E-state index contributed by atoms with van der Waals surface area (Å²) in [6, 6.07) is 3.23. The average Bonchev–Trinajstić information content (AvgIpc) is 2.16. The van der Waals surface area contributed by atoms with E-state index in [-0.39, 0.29) is 23.1 Å². The van der Waals surface area contributed by atoms with E-state index in [0.29, 0.717) is 0 Å². The highest BCUT2D eigenvalue weighted by atomic mass is 35.5. The maximum atomic E-state index is 12.5. The van der Waals surface area contributed by atoms with Crippen LogP contribution < -0.4 is 0 Å². The van der Waals surface area contributed by atoms with Crippen LogP contribution in [0.25, 0.3) is 0 Å². The van der Waals surface area contributed by atoms with Gasteiger partial charge in [0.05, 0.1) is 17.2 Å². The van der Waals surface area contributed by atoms with Gasteiger partial charge in [-0.15, -0.1) is 0 Å². The zero-order valence-corrected chi connectivity index (χ0v) is 9.12. The van der Waals surface area contributed by atoms with Crippen molar-refractivity contribution in [2.24, 2.45) is 0 Å². The van der Waals surface area contributed by atoms with E-state index >= 15 is 0 Å². The van der Waals surface area contributed by atoms with Crippen molar-refractivity contribution in [3.05, 3.63) is 34.3 Å². The lowest BCUT2D eigenvalue weighted by Crippen LogP contribution is -2.10. The van der Waals surface area contributed by atoms with Gasteiger partial charge in [-0.2, -0.15) is 13.2 Å². The monoisotopic (exact) mass is 251 g/mol. The quantitative estimate of drug-likeness (QED) is 0.631. The zero-order chi connectivity index (χ0) is 12.3. The molecule has 0 aliphatic carbocycles. The van der Waals surface area contributed by atoms with E-state index in [1.54, 1.807) is 6.92 Å². The van der Waals surface area contributed by atoms with Crippen LogP contribution in [0.2, 0.25) is 5.02 Å². The zero-order valence-electron chi connectivity index (χ0n) is 8.36. The standard InChI is InChI=1S/C10H9ClF3NO/c1-2-16-9(15)6-3-4-8(11)7(5-6)10(12,13)14/h3-5,15H,2H2,1H3. The lowest BCUT2D eigenvalue weighted by Gasteiger charge is -2.11. The van der Waals surface area contributed by atoms with Crippen LogP contribution in [-0.2, 0) is 10.9 Å². The van der Waals surface area contributed by atoms with Crippen molar-refractivity contribution in [2.45, 2.75) is 13.1 Å². The van der Waals surface area contributed by atoms with Gasteiger partial charge in [-0.05, 0) is 25.1 Å². The minimum atomic E-state index is -4.53. The fraction of sp³-hybridized carbons (Fsp3) is 0.300. The van der Waals surface area contributed by atoms with Crippen LogP contribution in [0.5, 0.6) is 0 Å². The highest BCUT2D eigenvalue weighted by Gasteiger charge is 2.33. The molecule has 0 bridgehead atoms. The number of benzene rings is 1. The van der Waals surface area contributed by atoms with Crippen molar-refractivity contribution in [1.29, 1.82) is 5.41 Å². The fourth-order valence-corrected chi connectivity index (χ4v) is 1.34.